The lowest BCUT2D eigenvalue weighted by Gasteiger charge is -2.17. The fourth-order valence-corrected chi connectivity index (χ4v) is 5.32. The van der Waals surface area contributed by atoms with Crippen molar-refractivity contribution in [1.82, 2.24) is 0 Å². The molecule has 0 aliphatic heterocycles. The molecule has 0 saturated carbocycles. The first-order valence-corrected chi connectivity index (χ1v) is 14.7. The number of hydrogen-bond acceptors (Lipinski definition) is 3. The van der Waals surface area contributed by atoms with E-state index in [1.807, 2.05) is 12.1 Å². The first-order valence-electron chi connectivity index (χ1n) is 12.6. The maximum atomic E-state index is 12.7. The zero-order valence-corrected chi connectivity index (χ0v) is 22.8. The molecule has 0 heterocycles. The smallest absolute Gasteiger partial charge is 0.124 e. The van der Waals surface area contributed by atoms with Gasteiger partial charge in [0.2, 0.25) is 0 Å². The number of alkyl halides is 1. The number of ether oxygens (including phenoxy) is 2. The zero-order chi connectivity index (χ0) is 23.8. The molecule has 0 amide bonds. The summed E-state index contributed by atoms with van der Waals surface area (Å²) in [6.07, 6.45) is 12.1. The van der Waals surface area contributed by atoms with E-state index in [4.69, 9.17) is 21.1 Å². The predicted molar refractivity (Wildman–Crippen MR) is 141 cm³/mol. The first-order chi connectivity index (χ1) is 15.4. The predicted octanol–water partition coefficient (Wildman–Crippen LogP) is 8.27. The van der Waals surface area contributed by atoms with E-state index in [1.54, 1.807) is 7.11 Å². The Kier molecular flexibility index (Phi) is 16.2. The van der Waals surface area contributed by atoms with Gasteiger partial charge in [-0.3, -0.25) is 4.21 Å². The maximum absolute atomic E-state index is 12.7. The normalized spacial score (nSPS) is 13.3. The minimum atomic E-state index is -0.896. The number of rotatable bonds is 19. The van der Waals surface area contributed by atoms with Crippen LogP contribution in [0.3, 0.4) is 0 Å². The molecule has 3 nitrogen and oxygen atoms in total. The topological polar surface area (TPSA) is 35.5 Å². The van der Waals surface area contributed by atoms with Gasteiger partial charge in [-0.1, -0.05) is 79.1 Å². The lowest BCUT2D eigenvalue weighted by Crippen LogP contribution is -2.08. The Hall–Kier alpha value is -0.740. The van der Waals surface area contributed by atoms with E-state index >= 15 is 0 Å². The van der Waals surface area contributed by atoms with Crippen LogP contribution in [0.1, 0.15) is 103 Å². The summed E-state index contributed by atoms with van der Waals surface area (Å²) in [5, 5.41) is 0. The van der Waals surface area contributed by atoms with E-state index < -0.39 is 10.8 Å². The van der Waals surface area contributed by atoms with Gasteiger partial charge in [0.25, 0.3) is 0 Å². The molecule has 0 bridgehead atoms. The van der Waals surface area contributed by atoms with Crippen LogP contribution in [0, 0.1) is 11.8 Å². The Balaban J connectivity index is 2.61. The molecule has 2 atom stereocenters. The van der Waals surface area contributed by atoms with Crippen molar-refractivity contribution in [2.45, 2.75) is 104 Å². The molecule has 0 spiro atoms. The number of halogens is 1. The monoisotopic (exact) mass is 486 g/mol. The molecule has 186 valence electrons. The molecular weight excluding hydrogens is 440 g/mol. The van der Waals surface area contributed by atoms with Gasteiger partial charge >= 0.3 is 0 Å². The number of unbranched alkanes of at least 4 members (excludes halogenated alkanes) is 5. The molecule has 0 aromatic heterocycles. The molecule has 0 radical (unpaired) electrons. The van der Waals surface area contributed by atoms with E-state index in [0.29, 0.717) is 24.2 Å². The van der Waals surface area contributed by atoms with Gasteiger partial charge in [-0.2, -0.15) is 0 Å². The summed E-state index contributed by atoms with van der Waals surface area (Å²) in [4.78, 5) is 0. The van der Waals surface area contributed by atoms with Crippen molar-refractivity contribution < 1.29 is 13.7 Å². The highest BCUT2D eigenvalue weighted by molar-refractivity contribution is 7.84. The average molecular weight is 487 g/mol. The van der Waals surface area contributed by atoms with Gasteiger partial charge in [0, 0.05) is 27.7 Å². The Bertz CT molecular complexity index is 648. The first kappa shape index (κ1) is 29.3. The molecule has 1 rings (SSSR count). The molecule has 2 unspecified atom stereocenters. The summed E-state index contributed by atoms with van der Waals surface area (Å²) in [7, 11) is 0.763. The van der Waals surface area contributed by atoms with Gasteiger partial charge in [-0.25, -0.2) is 0 Å². The lowest BCUT2D eigenvalue weighted by molar-refractivity contribution is 0.273. The van der Waals surface area contributed by atoms with E-state index in [2.05, 4.69) is 27.7 Å². The minimum absolute atomic E-state index is 0.372. The van der Waals surface area contributed by atoms with Crippen LogP contribution < -0.4 is 9.47 Å². The largest absolute Gasteiger partial charge is 0.496 e. The van der Waals surface area contributed by atoms with E-state index in [-0.39, 0.29) is 0 Å². The Morgan fingerprint density at radius 1 is 0.906 bits per heavy atom. The van der Waals surface area contributed by atoms with Crippen molar-refractivity contribution in [3.8, 4) is 11.5 Å². The van der Waals surface area contributed by atoms with Gasteiger partial charge in [-0.15, -0.1) is 11.6 Å². The molecule has 0 saturated heterocycles. The third kappa shape index (κ3) is 12.5. The third-order valence-corrected chi connectivity index (χ3v) is 7.66. The molecular formula is C27H47ClO3S. The fourth-order valence-electron chi connectivity index (χ4n) is 3.86. The van der Waals surface area contributed by atoms with Crippen LogP contribution in [0.5, 0.6) is 11.5 Å². The van der Waals surface area contributed by atoms with Crippen molar-refractivity contribution in [3.63, 3.8) is 0 Å². The SMILES string of the molecule is CCCCCCCCS(=O)Cc1cc(OCCC(C)CCCC(C)C)c(CCl)cc1OC. The van der Waals surface area contributed by atoms with Crippen molar-refractivity contribution in [3.05, 3.63) is 23.3 Å². The summed E-state index contributed by atoms with van der Waals surface area (Å²) in [6, 6.07) is 3.95. The van der Waals surface area contributed by atoms with E-state index in [9.17, 15) is 4.21 Å². The Morgan fingerprint density at radius 2 is 1.59 bits per heavy atom. The second kappa shape index (κ2) is 17.7. The molecule has 1 aromatic carbocycles. The van der Waals surface area contributed by atoms with Crippen LogP contribution >= 0.6 is 11.6 Å². The van der Waals surface area contributed by atoms with Crippen LogP contribution in [0.25, 0.3) is 0 Å². The molecule has 5 heteroatoms. The average Bonchev–Trinajstić information content (AvgIpc) is 2.76. The van der Waals surface area contributed by atoms with Crippen LogP contribution in [-0.4, -0.2) is 23.7 Å². The zero-order valence-electron chi connectivity index (χ0n) is 21.2. The van der Waals surface area contributed by atoms with E-state index in [0.717, 1.165) is 53.6 Å². The van der Waals surface area contributed by atoms with Crippen LogP contribution in [-0.2, 0) is 22.4 Å². The Labute approximate surface area is 205 Å². The molecule has 0 aliphatic rings. The fraction of sp³-hybridized carbons (Fsp3) is 0.778. The van der Waals surface area contributed by atoms with E-state index in [1.165, 1.54) is 44.9 Å². The summed E-state index contributed by atoms with van der Waals surface area (Å²) in [5.41, 5.74) is 1.88. The molecule has 1 aromatic rings. The Morgan fingerprint density at radius 3 is 2.25 bits per heavy atom. The van der Waals surface area contributed by atoms with Crippen molar-refractivity contribution in [2.24, 2.45) is 11.8 Å². The molecule has 32 heavy (non-hydrogen) atoms. The second-order valence-electron chi connectivity index (χ2n) is 9.53. The van der Waals surface area contributed by atoms with Crippen LogP contribution in [0.15, 0.2) is 12.1 Å². The van der Waals surface area contributed by atoms with Crippen molar-refractivity contribution in [2.75, 3.05) is 19.5 Å². The highest BCUT2D eigenvalue weighted by Gasteiger charge is 2.14. The van der Waals surface area contributed by atoms with Gasteiger partial charge in [0.05, 0.1) is 25.3 Å². The van der Waals surface area contributed by atoms with Crippen LogP contribution in [0.4, 0.5) is 0 Å². The summed E-state index contributed by atoms with van der Waals surface area (Å²) in [5.74, 6) is 4.61. The highest BCUT2D eigenvalue weighted by Crippen LogP contribution is 2.31. The number of hydrogen-bond donors (Lipinski definition) is 0. The standard InChI is InChI=1S/C27H47ClO3S/c1-6-7-8-9-10-11-17-32(29)21-25-19-27(24(20-28)18-26(25)30-5)31-16-15-23(4)14-12-13-22(2)3/h18-19,22-23H,6-17,20-21H2,1-5H3. The molecule has 0 N–H and O–H groups in total. The lowest BCUT2D eigenvalue weighted by atomic mass is 9.98. The summed E-state index contributed by atoms with van der Waals surface area (Å²) < 4.78 is 24.4. The third-order valence-electron chi connectivity index (χ3n) is 6.00. The number of methoxy groups -OCH3 is 1. The quantitative estimate of drug-likeness (QED) is 0.146. The van der Waals surface area contributed by atoms with Crippen molar-refractivity contribution >= 4 is 22.4 Å². The highest BCUT2D eigenvalue weighted by atomic mass is 35.5. The summed E-state index contributed by atoms with van der Waals surface area (Å²) >= 11 is 6.18. The number of benzene rings is 1. The minimum Gasteiger partial charge on any atom is -0.496 e. The maximum Gasteiger partial charge on any atom is 0.124 e. The molecule has 0 aliphatic carbocycles. The van der Waals surface area contributed by atoms with Gasteiger partial charge < -0.3 is 9.47 Å². The second-order valence-corrected chi connectivity index (χ2v) is 11.4. The van der Waals surface area contributed by atoms with Gasteiger partial charge in [0.15, 0.2) is 0 Å². The van der Waals surface area contributed by atoms with Crippen LogP contribution in [0.2, 0.25) is 0 Å². The van der Waals surface area contributed by atoms with Gasteiger partial charge in [0.1, 0.15) is 11.5 Å². The molecule has 0 fully saturated rings. The summed E-state index contributed by atoms with van der Waals surface area (Å²) in [6.45, 7) is 9.77. The van der Waals surface area contributed by atoms with Gasteiger partial charge in [-0.05, 0) is 36.8 Å². The van der Waals surface area contributed by atoms with Crippen molar-refractivity contribution in [1.29, 1.82) is 0 Å².